The summed E-state index contributed by atoms with van der Waals surface area (Å²) in [6, 6.07) is 7.72. The summed E-state index contributed by atoms with van der Waals surface area (Å²) in [6.45, 7) is 7.78. The predicted molar refractivity (Wildman–Crippen MR) is 71.7 cm³/mol. The van der Waals surface area contributed by atoms with Crippen molar-refractivity contribution in [3.8, 4) is 5.75 Å². The molecule has 0 saturated carbocycles. The van der Waals surface area contributed by atoms with Crippen molar-refractivity contribution in [2.75, 3.05) is 0 Å². The van der Waals surface area contributed by atoms with Crippen LogP contribution in [0.15, 0.2) is 24.3 Å². The van der Waals surface area contributed by atoms with Crippen LogP contribution in [0.5, 0.6) is 5.75 Å². The maximum absolute atomic E-state index is 9.28. The van der Waals surface area contributed by atoms with Gasteiger partial charge in [-0.05, 0) is 51.8 Å². The summed E-state index contributed by atoms with van der Waals surface area (Å²) in [5, 5.41) is 9.13. The van der Waals surface area contributed by atoms with Gasteiger partial charge in [0.1, 0.15) is 11.4 Å². The molecule has 2 unspecified atom stereocenters. The van der Waals surface area contributed by atoms with Crippen LogP contribution in [0.2, 0.25) is 0 Å². The second kappa shape index (κ2) is 5.74. The van der Waals surface area contributed by atoms with E-state index < -0.39 is 0 Å². The number of hydrogen-bond donors (Lipinski definition) is 1. The Morgan fingerprint density at radius 3 is 2.18 bits per heavy atom. The molecule has 1 aromatic rings. The zero-order valence-electron chi connectivity index (χ0n) is 10.9. The van der Waals surface area contributed by atoms with Gasteiger partial charge in [0.25, 0.3) is 0 Å². The molecule has 1 N–H and O–H groups in total. The molecule has 0 spiro atoms. The van der Waals surface area contributed by atoms with E-state index in [0.29, 0.717) is 6.42 Å². The second-order valence-corrected chi connectivity index (χ2v) is 5.86. The monoisotopic (exact) mass is 256 g/mol. The fraction of sp³-hybridized carbons (Fsp3) is 0.571. The first-order valence-electron chi connectivity index (χ1n) is 5.89. The largest absolute Gasteiger partial charge is 0.488 e. The van der Waals surface area contributed by atoms with E-state index in [1.54, 1.807) is 6.92 Å². The van der Waals surface area contributed by atoms with Crippen LogP contribution in [0.4, 0.5) is 0 Å². The van der Waals surface area contributed by atoms with E-state index in [0.717, 1.165) is 11.3 Å². The van der Waals surface area contributed by atoms with Crippen LogP contribution in [-0.4, -0.2) is 16.8 Å². The number of rotatable bonds is 4. The van der Waals surface area contributed by atoms with Gasteiger partial charge >= 0.3 is 0 Å². The number of hydrogen-bond acceptors (Lipinski definition) is 2. The lowest BCUT2D eigenvalue weighted by Gasteiger charge is -2.21. The van der Waals surface area contributed by atoms with Gasteiger partial charge in [-0.3, -0.25) is 0 Å². The number of aliphatic hydroxyl groups excluding tert-OH is 1. The first-order chi connectivity index (χ1) is 7.78. The van der Waals surface area contributed by atoms with Crippen molar-refractivity contribution in [2.45, 2.75) is 51.2 Å². The highest BCUT2D eigenvalue weighted by atomic mass is 35.5. The third kappa shape index (κ3) is 5.42. The fourth-order valence-electron chi connectivity index (χ4n) is 1.53. The van der Waals surface area contributed by atoms with Gasteiger partial charge in [-0.2, -0.15) is 0 Å². The lowest BCUT2D eigenvalue weighted by Crippen LogP contribution is -2.22. The zero-order chi connectivity index (χ0) is 13.1. The highest BCUT2D eigenvalue weighted by molar-refractivity contribution is 6.20. The molecule has 0 saturated heterocycles. The predicted octanol–water partition coefficient (Wildman–Crippen LogP) is 3.91. The van der Waals surface area contributed by atoms with Gasteiger partial charge in [0.15, 0.2) is 0 Å². The molecule has 1 rings (SSSR count). The van der Waals surface area contributed by atoms with Crippen molar-refractivity contribution in [1.29, 1.82) is 0 Å². The number of ether oxygens (including phenoxy) is 1. The summed E-state index contributed by atoms with van der Waals surface area (Å²) >= 11 is 6.19. The highest BCUT2D eigenvalue weighted by Crippen LogP contribution is 2.28. The SMILES string of the molecule is CC(O)CC(Cl)c1ccc(OC(C)(C)C)cc1. The third-order valence-corrected chi connectivity index (χ3v) is 2.64. The van der Waals surface area contributed by atoms with Gasteiger partial charge in [0.05, 0.1) is 11.5 Å². The minimum absolute atomic E-state index is 0.154. The van der Waals surface area contributed by atoms with Crippen LogP contribution in [0.1, 0.15) is 45.1 Å². The molecule has 17 heavy (non-hydrogen) atoms. The molecule has 0 radical (unpaired) electrons. The molecule has 3 heteroatoms. The average molecular weight is 257 g/mol. The number of alkyl halides is 1. The lowest BCUT2D eigenvalue weighted by molar-refractivity contribution is 0.131. The summed E-state index contributed by atoms with van der Waals surface area (Å²) in [4.78, 5) is 0. The highest BCUT2D eigenvalue weighted by Gasteiger charge is 2.13. The minimum Gasteiger partial charge on any atom is -0.488 e. The maximum atomic E-state index is 9.28. The molecule has 0 amide bonds. The van der Waals surface area contributed by atoms with Crippen molar-refractivity contribution < 1.29 is 9.84 Å². The average Bonchev–Trinajstić information content (AvgIpc) is 2.15. The number of aliphatic hydroxyl groups is 1. The zero-order valence-corrected chi connectivity index (χ0v) is 11.7. The molecule has 0 heterocycles. The molecule has 2 nitrogen and oxygen atoms in total. The van der Waals surface area contributed by atoms with Crippen molar-refractivity contribution >= 4 is 11.6 Å². The number of halogens is 1. The summed E-state index contributed by atoms with van der Waals surface area (Å²) < 4.78 is 5.73. The molecule has 0 fully saturated rings. The molecule has 0 aliphatic heterocycles. The Kier molecular flexibility index (Phi) is 4.84. The van der Waals surface area contributed by atoms with Crippen molar-refractivity contribution in [2.24, 2.45) is 0 Å². The normalized spacial score (nSPS) is 15.4. The van der Waals surface area contributed by atoms with Gasteiger partial charge in [-0.25, -0.2) is 0 Å². The standard InChI is InChI=1S/C14H21ClO2/c1-10(16)9-13(15)11-5-7-12(8-6-11)17-14(2,3)4/h5-8,10,13,16H,9H2,1-4H3. The lowest BCUT2D eigenvalue weighted by atomic mass is 10.1. The van der Waals surface area contributed by atoms with Crippen molar-refractivity contribution in [3.63, 3.8) is 0 Å². The summed E-state index contributed by atoms with van der Waals surface area (Å²) in [5.74, 6) is 0.835. The van der Waals surface area contributed by atoms with Crippen molar-refractivity contribution in [1.82, 2.24) is 0 Å². The Morgan fingerprint density at radius 1 is 1.24 bits per heavy atom. The van der Waals surface area contributed by atoms with Crippen LogP contribution in [0.25, 0.3) is 0 Å². The molecule has 96 valence electrons. The van der Waals surface area contributed by atoms with E-state index in [-0.39, 0.29) is 17.1 Å². The topological polar surface area (TPSA) is 29.5 Å². The Morgan fingerprint density at radius 2 is 1.76 bits per heavy atom. The van der Waals surface area contributed by atoms with Crippen LogP contribution in [-0.2, 0) is 0 Å². The van der Waals surface area contributed by atoms with E-state index >= 15 is 0 Å². The van der Waals surface area contributed by atoms with E-state index in [2.05, 4.69) is 0 Å². The Hall–Kier alpha value is -0.730. The van der Waals surface area contributed by atoms with Crippen LogP contribution in [0.3, 0.4) is 0 Å². The molecular formula is C14H21ClO2. The molecule has 0 bridgehead atoms. The quantitative estimate of drug-likeness (QED) is 0.828. The molecule has 2 atom stereocenters. The van der Waals surface area contributed by atoms with E-state index in [1.165, 1.54) is 0 Å². The molecular weight excluding hydrogens is 236 g/mol. The first-order valence-corrected chi connectivity index (χ1v) is 6.32. The van der Waals surface area contributed by atoms with Crippen LogP contribution in [0, 0.1) is 0 Å². The summed E-state index contributed by atoms with van der Waals surface area (Å²) in [5.41, 5.74) is 0.815. The molecule has 0 aromatic heterocycles. The maximum Gasteiger partial charge on any atom is 0.120 e. The first kappa shape index (κ1) is 14.3. The molecule has 1 aromatic carbocycles. The fourth-order valence-corrected chi connectivity index (χ4v) is 1.94. The molecule has 0 aliphatic carbocycles. The third-order valence-electron chi connectivity index (χ3n) is 2.21. The van der Waals surface area contributed by atoms with Gasteiger partial charge in [-0.1, -0.05) is 12.1 Å². The smallest absolute Gasteiger partial charge is 0.120 e. The van der Waals surface area contributed by atoms with Crippen LogP contribution < -0.4 is 4.74 Å². The van der Waals surface area contributed by atoms with E-state index in [4.69, 9.17) is 16.3 Å². The van der Waals surface area contributed by atoms with E-state index in [1.807, 2.05) is 45.0 Å². The van der Waals surface area contributed by atoms with E-state index in [9.17, 15) is 5.11 Å². The van der Waals surface area contributed by atoms with Gasteiger partial charge in [-0.15, -0.1) is 11.6 Å². The summed E-state index contributed by atoms with van der Waals surface area (Å²) in [7, 11) is 0. The van der Waals surface area contributed by atoms with Crippen LogP contribution >= 0.6 is 11.6 Å². The van der Waals surface area contributed by atoms with Gasteiger partial charge in [0, 0.05) is 0 Å². The second-order valence-electron chi connectivity index (χ2n) is 5.34. The Bertz CT molecular complexity index is 338. The van der Waals surface area contributed by atoms with Gasteiger partial charge < -0.3 is 9.84 Å². The molecule has 0 aliphatic rings. The van der Waals surface area contributed by atoms with Crippen molar-refractivity contribution in [3.05, 3.63) is 29.8 Å². The summed E-state index contributed by atoms with van der Waals surface area (Å²) in [6.07, 6.45) is 0.170. The number of benzene rings is 1. The minimum atomic E-state index is -0.386. The van der Waals surface area contributed by atoms with Gasteiger partial charge in [0.2, 0.25) is 0 Å². The Balaban J connectivity index is 2.67. The Labute approximate surface area is 109 Å².